The normalized spacial score (nSPS) is 22.8. The zero-order valence-corrected chi connectivity index (χ0v) is 17.2. The minimum Gasteiger partial charge on any atom is -0.459 e. The van der Waals surface area contributed by atoms with Gasteiger partial charge in [-0.15, -0.1) is 0 Å². The number of ether oxygens (including phenoxy) is 1. The van der Waals surface area contributed by atoms with Crippen molar-refractivity contribution < 1.29 is 9.53 Å². The number of piperidine rings is 2. The summed E-state index contributed by atoms with van der Waals surface area (Å²) in [5.41, 5.74) is 0.601. The summed E-state index contributed by atoms with van der Waals surface area (Å²) in [5, 5.41) is 3.58. The highest BCUT2D eigenvalue weighted by Gasteiger charge is 2.39. The molecule has 2 saturated heterocycles. The molecule has 1 aromatic rings. The molecule has 0 spiro atoms. The predicted molar refractivity (Wildman–Crippen MR) is 108 cm³/mol. The number of hydrogen-bond donors (Lipinski definition) is 1. The molecule has 4 heteroatoms. The Bertz CT molecular complexity index is 547. The minimum atomic E-state index is -0.223. The van der Waals surface area contributed by atoms with Crippen molar-refractivity contribution in [2.24, 2.45) is 0 Å². The number of carbonyl (C=O) groups excluding carboxylic acids is 1. The van der Waals surface area contributed by atoms with Gasteiger partial charge in [-0.1, -0.05) is 24.6 Å². The van der Waals surface area contributed by atoms with Crippen molar-refractivity contribution in [3.05, 3.63) is 35.9 Å². The smallest absolute Gasteiger partial charge is 0.338 e. The van der Waals surface area contributed by atoms with Crippen LogP contribution in [0, 0.1) is 0 Å². The first-order valence-electron chi connectivity index (χ1n) is 9.91. The summed E-state index contributed by atoms with van der Waals surface area (Å²) < 4.78 is 5.67. The molecule has 1 aromatic carbocycles. The first-order valence-corrected chi connectivity index (χ1v) is 9.91. The van der Waals surface area contributed by atoms with Gasteiger partial charge in [0.2, 0.25) is 0 Å². The average Bonchev–Trinajstić information content (AvgIpc) is 2.54. The van der Waals surface area contributed by atoms with Crippen LogP contribution in [0.5, 0.6) is 0 Å². The van der Waals surface area contributed by atoms with Crippen LogP contribution in [0.25, 0.3) is 0 Å². The molecule has 146 valence electrons. The second kappa shape index (κ2) is 9.01. The molecule has 0 aliphatic carbocycles. The molecule has 0 aromatic heterocycles. The van der Waals surface area contributed by atoms with Gasteiger partial charge in [0.1, 0.15) is 6.10 Å². The molecule has 0 saturated carbocycles. The fraction of sp³-hybridized carbons (Fsp3) is 0.682. The van der Waals surface area contributed by atoms with Crippen molar-refractivity contribution in [2.75, 3.05) is 20.1 Å². The van der Waals surface area contributed by atoms with Gasteiger partial charge in [-0.2, -0.15) is 0 Å². The van der Waals surface area contributed by atoms with E-state index in [0.717, 1.165) is 12.8 Å². The van der Waals surface area contributed by atoms with Gasteiger partial charge in [0.05, 0.1) is 5.56 Å². The highest BCUT2D eigenvalue weighted by molar-refractivity contribution is 5.89. The van der Waals surface area contributed by atoms with E-state index in [1.54, 1.807) is 12.1 Å². The summed E-state index contributed by atoms with van der Waals surface area (Å²) in [7, 11) is 2.19. The van der Waals surface area contributed by atoms with E-state index < -0.39 is 0 Å². The first-order chi connectivity index (χ1) is 12.2. The standard InChI is InChI=1S/C16H23NO2.C6H13N/c1-15(2)10-13(11-16(3,4)17-15)19-14(18)12-8-6-5-7-9-12;1-7-5-3-2-4-6-7/h5-9,13,17H,10-11H2,1-4H3;2-6H2,1H3. The molecule has 2 aliphatic rings. The van der Waals surface area contributed by atoms with Crippen LogP contribution in [0.3, 0.4) is 0 Å². The Hall–Kier alpha value is -1.39. The number of likely N-dealkylation sites (tertiary alicyclic amines) is 1. The molecule has 2 heterocycles. The first kappa shape index (κ1) is 20.9. The molecule has 4 nitrogen and oxygen atoms in total. The Morgan fingerprint density at radius 3 is 2.00 bits per heavy atom. The Labute approximate surface area is 159 Å². The van der Waals surface area contributed by atoms with E-state index in [2.05, 4.69) is 45.0 Å². The summed E-state index contributed by atoms with van der Waals surface area (Å²) >= 11 is 0. The lowest BCUT2D eigenvalue weighted by molar-refractivity contribution is -0.00637. The molecule has 26 heavy (non-hydrogen) atoms. The molecule has 0 unspecified atom stereocenters. The predicted octanol–water partition coefficient (Wildman–Crippen LogP) is 4.25. The molecule has 3 rings (SSSR count). The average molecular weight is 361 g/mol. The third-order valence-electron chi connectivity index (χ3n) is 5.02. The quantitative estimate of drug-likeness (QED) is 0.801. The summed E-state index contributed by atoms with van der Waals surface area (Å²) in [6, 6.07) is 9.19. The lowest BCUT2D eigenvalue weighted by Crippen LogP contribution is -2.59. The largest absolute Gasteiger partial charge is 0.459 e. The van der Waals surface area contributed by atoms with E-state index in [1.165, 1.54) is 32.4 Å². The second-order valence-corrected chi connectivity index (χ2v) is 9.06. The molecular weight excluding hydrogens is 324 g/mol. The number of esters is 1. The number of nitrogens with one attached hydrogen (secondary N) is 1. The van der Waals surface area contributed by atoms with Gasteiger partial charge in [0.15, 0.2) is 0 Å². The SMILES string of the molecule is CC1(C)CC(OC(=O)c2ccccc2)CC(C)(C)N1.CN1CCCCC1. The molecule has 1 N–H and O–H groups in total. The number of benzene rings is 1. The highest BCUT2D eigenvalue weighted by atomic mass is 16.5. The fourth-order valence-corrected chi connectivity index (χ4v) is 4.16. The summed E-state index contributed by atoms with van der Waals surface area (Å²) in [6.07, 6.45) is 5.93. The van der Waals surface area contributed by atoms with Crippen molar-refractivity contribution in [1.29, 1.82) is 0 Å². The number of rotatable bonds is 2. The Morgan fingerprint density at radius 1 is 1.00 bits per heavy atom. The van der Waals surface area contributed by atoms with Crippen LogP contribution in [-0.2, 0) is 4.74 Å². The molecule has 2 fully saturated rings. The van der Waals surface area contributed by atoms with Crippen LogP contribution in [0.15, 0.2) is 30.3 Å². The monoisotopic (exact) mass is 360 g/mol. The fourth-order valence-electron chi connectivity index (χ4n) is 4.16. The minimum absolute atomic E-state index is 0.0105. The van der Waals surface area contributed by atoms with E-state index >= 15 is 0 Å². The lowest BCUT2D eigenvalue weighted by Gasteiger charge is -2.45. The van der Waals surface area contributed by atoms with Gasteiger partial charge >= 0.3 is 5.97 Å². The maximum atomic E-state index is 12.1. The van der Waals surface area contributed by atoms with Crippen LogP contribution in [0.1, 0.15) is 70.2 Å². The van der Waals surface area contributed by atoms with E-state index in [4.69, 9.17) is 4.74 Å². The number of hydrogen-bond acceptors (Lipinski definition) is 4. The Kier molecular flexibility index (Phi) is 7.24. The lowest BCUT2D eigenvalue weighted by atomic mass is 9.81. The highest BCUT2D eigenvalue weighted by Crippen LogP contribution is 2.30. The van der Waals surface area contributed by atoms with E-state index in [1.807, 2.05) is 18.2 Å². The summed E-state index contributed by atoms with van der Waals surface area (Å²) in [4.78, 5) is 14.5. The van der Waals surface area contributed by atoms with Gasteiger partial charge in [-0.05, 0) is 72.8 Å². The Morgan fingerprint density at radius 2 is 1.54 bits per heavy atom. The van der Waals surface area contributed by atoms with E-state index in [-0.39, 0.29) is 23.2 Å². The van der Waals surface area contributed by atoms with Crippen LogP contribution in [0.2, 0.25) is 0 Å². The maximum absolute atomic E-state index is 12.1. The molecule has 0 atom stereocenters. The number of nitrogens with zero attached hydrogens (tertiary/aromatic N) is 1. The van der Waals surface area contributed by atoms with Crippen molar-refractivity contribution in [3.8, 4) is 0 Å². The van der Waals surface area contributed by atoms with Gasteiger partial charge in [-0.25, -0.2) is 4.79 Å². The van der Waals surface area contributed by atoms with Crippen LogP contribution >= 0.6 is 0 Å². The Balaban J connectivity index is 0.000000290. The molecule has 0 radical (unpaired) electrons. The molecule has 2 aliphatic heterocycles. The van der Waals surface area contributed by atoms with Gasteiger partial charge in [-0.3, -0.25) is 0 Å². The van der Waals surface area contributed by atoms with E-state index in [9.17, 15) is 4.79 Å². The third-order valence-corrected chi connectivity index (χ3v) is 5.02. The van der Waals surface area contributed by atoms with Gasteiger partial charge < -0.3 is 15.0 Å². The van der Waals surface area contributed by atoms with Crippen LogP contribution in [0.4, 0.5) is 0 Å². The number of carbonyl (C=O) groups is 1. The third kappa shape index (κ3) is 7.08. The van der Waals surface area contributed by atoms with Crippen molar-refractivity contribution in [2.45, 2.75) is 77.0 Å². The van der Waals surface area contributed by atoms with Gasteiger partial charge in [0, 0.05) is 23.9 Å². The summed E-state index contributed by atoms with van der Waals surface area (Å²) in [6.45, 7) is 11.2. The molecule has 0 amide bonds. The van der Waals surface area contributed by atoms with E-state index in [0.29, 0.717) is 5.56 Å². The maximum Gasteiger partial charge on any atom is 0.338 e. The molecule has 0 bridgehead atoms. The van der Waals surface area contributed by atoms with Crippen LogP contribution in [-0.4, -0.2) is 48.2 Å². The van der Waals surface area contributed by atoms with Crippen molar-refractivity contribution in [1.82, 2.24) is 10.2 Å². The molecular formula is C22H36N2O2. The van der Waals surface area contributed by atoms with Crippen LogP contribution < -0.4 is 5.32 Å². The van der Waals surface area contributed by atoms with Gasteiger partial charge in [0.25, 0.3) is 0 Å². The zero-order valence-electron chi connectivity index (χ0n) is 17.2. The van der Waals surface area contributed by atoms with Crippen molar-refractivity contribution in [3.63, 3.8) is 0 Å². The topological polar surface area (TPSA) is 41.6 Å². The zero-order chi connectivity index (χ0) is 19.2. The van der Waals surface area contributed by atoms with Crippen molar-refractivity contribution >= 4 is 5.97 Å². The second-order valence-electron chi connectivity index (χ2n) is 9.06. The summed E-state index contributed by atoms with van der Waals surface area (Å²) in [5.74, 6) is -0.223.